The summed E-state index contributed by atoms with van der Waals surface area (Å²) in [5, 5.41) is 8.46. The van der Waals surface area contributed by atoms with E-state index < -0.39 is 0 Å². The van der Waals surface area contributed by atoms with Crippen molar-refractivity contribution in [2.75, 3.05) is 17.2 Å². The van der Waals surface area contributed by atoms with Crippen LogP contribution >= 0.6 is 0 Å². The minimum absolute atomic E-state index is 0.646. The van der Waals surface area contributed by atoms with Gasteiger partial charge < -0.3 is 10.6 Å². The lowest BCUT2D eigenvalue weighted by Gasteiger charge is -2.20. The number of nitrogen functional groups attached to an aromatic ring is 1. The normalized spacial score (nSPS) is 10.7. The van der Waals surface area contributed by atoms with Gasteiger partial charge in [0.2, 0.25) is 5.95 Å². The van der Waals surface area contributed by atoms with Crippen LogP contribution in [0.5, 0.6) is 0 Å². The molecule has 21 heavy (non-hydrogen) atoms. The molecule has 0 aliphatic heterocycles. The van der Waals surface area contributed by atoms with Crippen molar-refractivity contribution in [3.05, 3.63) is 54.1 Å². The van der Waals surface area contributed by atoms with Crippen LogP contribution in [0.2, 0.25) is 0 Å². The number of benzene rings is 2. The third-order valence-corrected chi connectivity index (χ3v) is 3.37. The van der Waals surface area contributed by atoms with Gasteiger partial charge in [-0.25, -0.2) is 4.98 Å². The third-order valence-electron chi connectivity index (χ3n) is 3.37. The van der Waals surface area contributed by atoms with Gasteiger partial charge in [0, 0.05) is 18.8 Å². The van der Waals surface area contributed by atoms with Crippen molar-refractivity contribution in [2.24, 2.45) is 0 Å². The number of hydrogen-bond donors (Lipinski definition) is 1. The fourth-order valence-corrected chi connectivity index (χ4v) is 2.17. The van der Waals surface area contributed by atoms with Gasteiger partial charge in [-0.1, -0.05) is 24.3 Å². The summed E-state index contributed by atoms with van der Waals surface area (Å²) in [7, 11) is 0. The number of nitrogens with two attached hydrogens (primary N) is 1. The molecule has 106 valence electrons. The standard InChI is InChI=1S/C16H17N5/c1-2-21(11-12-7-9-13(17)10-8-12)16-18-14-5-3-4-6-15(14)19-20-16/h3-10H,2,11,17H2,1H3. The Balaban J connectivity index is 1.88. The molecule has 0 atom stereocenters. The van der Waals surface area contributed by atoms with Gasteiger partial charge in [0.05, 0.1) is 5.52 Å². The summed E-state index contributed by atoms with van der Waals surface area (Å²) in [6.45, 7) is 3.62. The number of anilines is 2. The Labute approximate surface area is 123 Å². The van der Waals surface area contributed by atoms with Crippen LogP contribution in [-0.4, -0.2) is 21.7 Å². The summed E-state index contributed by atoms with van der Waals surface area (Å²) in [6, 6.07) is 15.6. The van der Waals surface area contributed by atoms with Crippen LogP contribution in [0.25, 0.3) is 11.0 Å². The molecular weight excluding hydrogens is 262 g/mol. The summed E-state index contributed by atoms with van der Waals surface area (Å²) in [5.41, 5.74) is 9.32. The van der Waals surface area contributed by atoms with Crippen molar-refractivity contribution in [1.82, 2.24) is 15.2 Å². The zero-order chi connectivity index (χ0) is 14.7. The lowest BCUT2D eigenvalue weighted by atomic mass is 10.2. The van der Waals surface area contributed by atoms with Crippen molar-refractivity contribution in [3.8, 4) is 0 Å². The second-order valence-corrected chi connectivity index (χ2v) is 4.86. The van der Waals surface area contributed by atoms with Crippen LogP contribution < -0.4 is 10.6 Å². The molecule has 5 heteroatoms. The van der Waals surface area contributed by atoms with Crippen LogP contribution in [-0.2, 0) is 6.54 Å². The van der Waals surface area contributed by atoms with Crippen molar-refractivity contribution >= 4 is 22.7 Å². The van der Waals surface area contributed by atoms with Gasteiger partial charge in [-0.2, -0.15) is 0 Å². The molecule has 0 fully saturated rings. The van der Waals surface area contributed by atoms with Gasteiger partial charge in [-0.3, -0.25) is 0 Å². The Kier molecular flexibility index (Phi) is 3.64. The second-order valence-electron chi connectivity index (χ2n) is 4.86. The lowest BCUT2D eigenvalue weighted by molar-refractivity contribution is 0.779. The lowest BCUT2D eigenvalue weighted by Crippen LogP contribution is -2.24. The highest BCUT2D eigenvalue weighted by atomic mass is 15.3. The molecule has 3 rings (SSSR count). The summed E-state index contributed by atoms with van der Waals surface area (Å²) in [6.07, 6.45) is 0. The summed E-state index contributed by atoms with van der Waals surface area (Å²) in [4.78, 5) is 6.68. The molecule has 0 bridgehead atoms. The number of aromatic nitrogens is 3. The molecule has 3 aromatic rings. The molecule has 0 spiro atoms. The average molecular weight is 279 g/mol. The maximum absolute atomic E-state index is 5.72. The Bertz CT molecular complexity index is 739. The zero-order valence-corrected chi connectivity index (χ0v) is 11.9. The van der Waals surface area contributed by atoms with Gasteiger partial charge in [-0.05, 0) is 36.8 Å². The Hall–Kier alpha value is -2.69. The quantitative estimate of drug-likeness (QED) is 0.744. The van der Waals surface area contributed by atoms with Gasteiger partial charge in [0.15, 0.2) is 0 Å². The SMILES string of the molecule is CCN(Cc1ccc(N)cc1)c1nnc2ccccc2n1. The van der Waals surface area contributed by atoms with E-state index in [1.165, 1.54) is 5.56 Å². The Morgan fingerprint density at radius 3 is 2.38 bits per heavy atom. The Morgan fingerprint density at radius 2 is 1.67 bits per heavy atom. The molecule has 0 aliphatic carbocycles. The van der Waals surface area contributed by atoms with Crippen LogP contribution in [0.3, 0.4) is 0 Å². The molecule has 1 heterocycles. The fraction of sp³-hybridized carbons (Fsp3) is 0.188. The number of nitrogens with zero attached hydrogens (tertiary/aromatic N) is 4. The van der Waals surface area contributed by atoms with Gasteiger partial charge in [-0.15, -0.1) is 10.2 Å². The monoisotopic (exact) mass is 279 g/mol. The molecule has 0 unspecified atom stereocenters. The van der Waals surface area contributed by atoms with E-state index in [1.54, 1.807) is 0 Å². The van der Waals surface area contributed by atoms with Crippen LogP contribution in [0.15, 0.2) is 48.5 Å². The topological polar surface area (TPSA) is 67.9 Å². The van der Waals surface area contributed by atoms with Crippen molar-refractivity contribution < 1.29 is 0 Å². The van der Waals surface area contributed by atoms with Crippen LogP contribution in [0.4, 0.5) is 11.6 Å². The second kappa shape index (κ2) is 5.75. The Morgan fingerprint density at radius 1 is 0.952 bits per heavy atom. The van der Waals surface area contributed by atoms with E-state index >= 15 is 0 Å². The first-order chi connectivity index (χ1) is 10.3. The van der Waals surface area contributed by atoms with E-state index in [1.807, 2.05) is 48.5 Å². The van der Waals surface area contributed by atoms with E-state index in [0.29, 0.717) is 5.95 Å². The molecule has 0 radical (unpaired) electrons. The molecule has 1 aromatic heterocycles. The molecule has 0 aliphatic rings. The molecule has 2 aromatic carbocycles. The third kappa shape index (κ3) is 2.91. The first kappa shape index (κ1) is 13.3. The number of rotatable bonds is 4. The van der Waals surface area contributed by atoms with Crippen molar-refractivity contribution in [1.29, 1.82) is 0 Å². The first-order valence-corrected chi connectivity index (χ1v) is 6.95. The predicted octanol–water partition coefficient (Wildman–Crippen LogP) is 2.63. The maximum atomic E-state index is 5.72. The molecule has 0 saturated heterocycles. The summed E-state index contributed by atoms with van der Waals surface area (Å²) >= 11 is 0. The number of para-hydroxylation sites is 1. The van der Waals surface area contributed by atoms with E-state index in [2.05, 4.69) is 27.0 Å². The molecule has 2 N–H and O–H groups in total. The maximum Gasteiger partial charge on any atom is 0.246 e. The molecule has 0 saturated carbocycles. The summed E-state index contributed by atoms with van der Waals surface area (Å²) in [5.74, 6) is 0.646. The van der Waals surface area contributed by atoms with Gasteiger partial charge >= 0.3 is 0 Å². The van der Waals surface area contributed by atoms with E-state index in [0.717, 1.165) is 29.8 Å². The molecule has 5 nitrogen and oxygen atoms in total. The highest BCUT2D eigenvalue weighted by Gasteiger charge is 2.10. The van der Waals surface area contributed by atoms with Gasteiger partial charge in [0.25, 0.3) is 0 Å². The van der Waals surface area contributed by atoms with Crippen molar-refractivity contribution in [2.45, 2.75) is 13.5 Å². The van der Waals surface area contributed by atoms with E-state index in [9.17, 15) is 0 Å². The van der Waals surface area contributed by atoms with Crippen molar-refractivity contribution in [3.63, 3.8) is 0 Å². The van der Waals surface area contributed by atoms with Gasteiger partial charge in [0.1, 0.15) is 5.52 Å². The molecular formula is C16H17N5. The largest absolute Gasteiger partial charge is 0.399 e. The summed E-state index contributed by atoms with van der Waals surface area (Å²) < 4.78 is 0. The zero-order valence-electron chi connectivity index (χ0n) is 11.9. The van der Waals surface area contributed by atoms with E-state index in [-0.39, 0.29) is 0 Å². The highest BCUT2D eigenvalue weighted by molar-refractivity contribution is 5.74. The number of hydrogen-bond acceptors (Lipinski definition) is 5. The number of fused-ring (bicyclic) bond motifs is 1. The first-order valence-electron chi connectivity index (χ1n) is 6.95. The smallest absolute Gasteiger partial charge is 0.246 e. The minimum Gasteiger partial charge on any atom is -0.399 e. The minimum atomic E-state index is 0.646. The molecule has 0 amide bonds. The average Bonchev–Trinajstić information content (AvgIpc) is 2.54. The van der Waals surface area contributed by atoms with Crippen LogP contribution in [0.1, 0.15) is 12.5 Å². The van der Waals surface area contributed by atoms with E-state index in [4.69, 9.17) is 5.73 Å². The highest BCUT2D eigenvalue weighted by Crippen LogP contribution is 2.15. The fourth-order valence-electron chi connectivity index (χ4n) is 2.17. The predicted molar refractivity (Wildman–Crippen MR) is 84.9 cm³/mol. The van der Waals surface area contributed by atoms with Crippen LogP contribution in [0, 0.1) is 0 Å².